The molecule has 0 saturated heterocycles. The molecule has 1 aliphatic heterocycles. The molecule has 144 valence electrons. The molecule has 0 saturated carbocycles. The van der Waals surface area contributed by atoms with Crippen LogP contribution in [0.3, 0.4) is 0 Å². The highest BCUT2D eigenvalue weighted by Gasteiger charge is 2.37. The summed E-state index contributed by atoms with van der Waals surface area (Å²) >= 11 is 6.32. The van der Waals surface area contributed by atoms with Gasteiger partial charge < -0.3 is 14.3 Å². The predicted octanol–water partition coefficient (Wildman–Crippen LogP) is 3.45. The number of rotatable bonds is 3. The average molecular weight is 402 g/mol. The molecule has 0 amide bonds. The number of aromatic amines is 1. The Balaban J connectivity index is 1.64. The van der Waals surface area contributed by atoms with E-state index < -0.39 is 5.67 Å². The number of fused-ring (bicyclic) bond motifs is 2. The minimum absolute atomic E-state index is 0.0629. The molecule has 1 atom stereocenters. The van der Waals surface area contributed by atoms with Gasteiger partial charge >= 0.3 is 6.01 Å². The Morgan fingerprint density at radius 1 is 1.36 bits per heavy atom. The summed E-state index contributed by atoms with van der Waals surface area (Å²) in [5.41, 5.74) is 1.66. The predicted molar refractivity (Wildman–Crippen MR) is 100 cm³/mol. The molecule has 0 aliphatic carbocycles. The fraction of sp³-hybridized carbons (Fsp3) is 0.333. The fourth-order valence-electron chi connectivity index (χ4n) is 3.49. The van der Waals surface area contributed by atoms with Crippen LogP contribution in [0.15, 0.2) is 35.1 Å². The highest BCUT2D eigenvalue weighted by atomic mass is 35.5. The maximum Gasteiger partial charge on any atom is 0.319 e. The van der Waals surface area contributed by atoms with Gasteiger partial charge in [-0.25, -0.2) is 13.9 Å². The summed E-state index contributed by atoms with van der Waals surface area (Å²) < 4.78 is 21.6. The third-order valence-corrected chi connectivity index (χ3v) is 5.16. The first-order valence-corrected chi connectivity index (χ1v) is 9.25. The zero-order valence-electron chi connectivity index (χ0n) is 15.2. The van der Waals surface area contributed by atoms with Gasteiger partial charge in [0.25, 0.3) is 5.89 Å². The molecule has 8 nitrogen and oxygen atoms in total. The third-order valence-electron chi connectivity index (χ3n) is 4.84. The Morgan fingerprint density at radius 3 is 2.96 bits per heavy atom. The Labute approximate surface area is 164 Å². The van der Waals surface area contributed by atoms with Gasteiger partial charge in [-0.3, -0.25) is 0 Å². The molecular weight excluding hydrogens is 385 g/mol. The lowest BCUT2D eigenvalue weighted by Gasteiger charge is -2.32. The van der Waals surface area contributed by atoms with Crippen LogP contribution in [0.2, 0.25) is 5.02 Å². The van der Waals surface area contributed by atoms with Gasteiger partial charge in [0, 0.05) is 24.9 Å². The van der Waals surface area contributed by atoms with Crippen LogP contribution in [-0.2, 0) is 12.1 Å². The van der Waals surface area contributed by atoms with Crippen molar-refractivity contribution in [2.75, 3.05) is 11.4 Å². The number of anilines is 1. The maximum absolute atomic E-state index is 14.2. The van der Waals surface area contributed by atoms with Crippen LogP contribution in [0.5, 0.6) is 0 Å². The van der Waals surface area contributed by atoms with Gasteiger partial charge in [-0.1, -0.05) is 16.7 Å². The number of H-pyrrole nitrogens is 1. The SMILES string of the molecule is CC(C)(F)c1nnc(N2CCc3[nH]cnc3C2c2cc3c(Cl)cccn3n2)o1. The van der Waals surface area contributed by atoms with Gasteiger partial charge in [-0.05, 0) is 32.0 Å². The number of halogens is 2. The summed E-state index contributed by atoms with van der Waals surface area (Å²) in [6.07, 6.45) is 4.21. The summed E-state index contributed by atoms with van der Waals surface area (Å²) in [4.78, 5) is 9.58. The number of hydrogen-bond donors (Lipinski definition) is 1. The number of nitrogens with zero attached hydrogens (tertiary/aromatic N) is 6. The molecule has 4 aromatic heterocycles. The molecule has 4 aromatic rings. The second kappa shape index (κ2) is 6.03. The monoisotopic (exact) mass is 401 g/mol. The van der Waals surface area contributed by atoms with Crippen LogP contribution in [0.25, 0.3) is 5.52 Å². The van der Waals surface area contributed by atoms with Crippen LogP contribution in [-0.4, -0.2) is 36.3 Å². The molecule has 1 aliphatic rings. The minimum atomic E-state index is -1.72. The van der Waals surface area contributed by atoms with E-state index in [2.05, 4.69) is 25.3 Å². The molecule has 0 fully saturated rings. The molecular formula is C18H17ClFN7O. The first-order chi connectivity index (χ1) is 13.4. The zero-order valence-corrected chi connectivity index (χ0v) is 16.0. The molecule has 5 heterocycles. The number of pyridine rings is 1. The topological polar surface area (TPSA) is 88.1 Å². The molecule has 1 N–H and O–H groups in total. The average Bonchev–Trinajstić information content (AvgIpc) is 3.38. The summed E-state index contributed by atoms with van der Waals surface area (Å²) in [6.45, 7) is 3.36. The van der Waals surface area contributed by atoms with E-state index in [1.165, 1.54) is 13.8 Å². The van der Waals surface area contributed by atoms with Gasteiger partial charge in [0.05, 0.1) is 28.3 Å². The standard InChI is InChI=1S/C18H17ClFN7O/c1-18(2,20)16-23-24-17(28-16)26-7-5-11-14(22-9-21-11)15(26)12-8-13-10(19)4-3-6-27(13)25-12/h3-4,6,8-9,15H,5,7H2,1-2H3,(H,21,22). The Hall–Kier alpha value is -2.94. The number of aromatic nitrogens is 6. The van der Waals surface area contributed by atoms with E-state index in [-0.39, 0.29) is 17.9 Å². The minimum Gasteiger partial charge on any atom is -0.404 e. The summed E-state index contributed by atoms with van der Waals surface area (Å²) in [6, 6.07) is 5.44. The van der Waals surface area contributed by atoms with Gasteiger partial charge in [0.2, 0.25) is 0 Å². The van der Waals surface area contributed by atoms with Crippen molar-refractivity contribution >= 4 is 23.1 Å². The van der Waals surface area contributed by atoms with Crippen LogP contribution < -0.4 is 4.90 Å². The van der Waals surface area contributed by atoms with E-state index >= 15 is 0 Å². The van der Waals surface area contributed by atoms with Crippen LogP contribution in [0.4, 0.5) is 10.4 Å². The van der Waals surface area contributed by atoms with Crippen molar-refractivity contribution in [2.24, 2.45) is 0 Å². The van der Waals surface area contributed by atoms with E-state index in [4.69, 9.17) is 16.0 Å². The van der Waals surface area contributed by atoms with Crippen molar-refractivity contribution in [2.45, 2.75) is 32.0 Å². The molecule has 0 bridgehead atoms. The smallest absolute Gasteiger partial charge is 0.319 e. The fourth-order valence-corrected chi connectivity index (χ4v) is 3.70. The Bertz CT molecular complexity index is 1160. The van der Waals surface area contributed by atoms with Crippen LogP contribution in [0, 0.1) is 0 Å². The molecule has 0 radical (unpaired) electrons. The van der Waals surface area contributed by atoms with E-state index in [9.17, 15) is 4.39 Å². The van der Waals surface area contributed by atoms with Gasteiger partial charge in [0.1, 0.15) is 6.04 Å². The lowest BCUT2D eigenvalue weighted by Crippen LogP contribution is -2.37. The lowest BCUT2D eigenvalue weighted by atomic mass is 10.0. The first-order valence-electron chi connectivity index (χ1n) is 8.87. The lowest BCUT2D eigenvalue weighted by molar-refractivity contribution is 0.170. The normalized spacial score (nSPS) is 17.3. The molecule has 1 unspecified atom stereocenters. The van der Waals surface area contributed by atoms with Crippen LogP contribution in [0.1, 0.15) is 42.9 Å². The van der Waals surface area contributed by atoms with E-state index in [1.807, 2.05) is 29.3 Å². The zero-order chi connectivity index (χ0) is 19.5. The van der Waals surface area contributed by atoms with Crippen molar-refractivity contribution in [1.82, 2.24) is 29.8 Å². The van der Waals surface area contributed by atoms with Gasteiger partial charge in [-0.2, -0.15) is 5.10 Å². The number of alkyl halides is 1. The maximum atomic E-state index is 14.2. The number of hydrogen-bond acceptors (Lipinski definition) is 6. The molecule has 10 heteroatoms. The Morgan fingerprint density at radius 2 is 2.21 bits per heavy atom. The molecule has 0 aromatic carbocycles. The van der Waals surface area contributed by atoms with E-state index in [0.29, 0.717) is 11.6 Å². The highest BCUT2D eigenvalue weighted by Crippen LogP contribution is 2.37. The Kier molecular flexibility index (Phi) is 3.70. The molecule has 5 rings (SSSR count). The quantitative estimate of drug-likeness (QED) is 0.565. The highest BCUT2D eigenvalue weighted by molar-refractivity contribution is 6.33. The second-order valence-corrected chi connectivity index (χ2v) is 7.64. The number of imidazole rings is 1. The van der Waals surface area contributed by atoms with Gasteiger partial charge in [0.15, 0.2) is 5.67 Å². The second-order valence-electron chi connectivity index (χ2n) is 7.23. The van der Waals surface area contributed by atoms with E-state index in [1.54, 1.807) is 10.8 Å². The first kappa shape index (κ1) is 17.2. The number of nitrogens with one attached hydrogen (secondary N) is 1. The summed E-state index contributed by atoms with van der Waals surface area (Å²) in [5.74, 6) is -0.0629. The van der Waals surface area contributed by atoms with Gasteiger partial charge in [-0.15, -0.1) is 5.10 Å². The van der Waals surface area contributed by atoms with Crippen molar-refractivity contribution in [3.05, 3.63) is 58.7 Å². The van der Waals surface area contributed by atoms with Crippen molar-refractivity contribution in [3.8, 4) is 0 Å². The van der Waals surface area contributed by atoms with Crippen molar-refractivity contribution in [3.63, 3.8) is 0 Å². The molecule has 28 heavy (non-hydrogen) atoms. The van der Waals surface area contributed by atoms with Crippen molar-refractivity contribution < 1.29 is 8.81 Å². The van der Waals surface area contributed by atoms with Crippen molar-refractivity contribution in [1.29, 1.82) is 0 Å². The summed E-state index contributed by atoms with van der Waals surface area (Å²) in [7, 11) is 0. The van der Waals surface area contributed by atoms with Crippen LogP contribution >= 0.6 is 11.6 Å². The summed E-state index contributed by atoms with van der Waals surface area (Å²) in [5, 5.41) is 13.2. The van der Waals surface area contributed by atoms with E-state index in [0.717, 1.165) is 29.0 Å². The largest absolute Gasteiger partial charge is 0.404 e. The molecule has 0 spiro atoms. The third kappa shape index (κ3) is 2.65.